The molecule has 0 spiro atoms. The van der Waals surface area contributed by atoms with Gasteiger partial charge in [0.05, 0.1) is 12.1 Å². The lowest BCUT2D eigenvalue weighted by atomic mass is 9.82. The molecule has 2 amide bonds. The summed E-state index contributed by atoms with van der Waals surface area (Å²) >= 11 is 5.98. The molecule has 1 heterocycles. The van der Waals surface area contributed by atoms with Crippen molar-refractivity contribution in [2.45, 2.75) is 37.6 Å². The number of hydrogen-bond donors (Lipinski definition) is 1. The molecule has 0 aromatic heterocycles. The molecule has 1 N–H and O–H groups in total. The summed E-state index contributed by atoms with van der Waals surface area (Å²) in [7, 11) is 1.56. The first kappa shape index (κ1) is 19.5. The lowest BCUT2D eigenvalue weighted by Crippen LogP contribution is -2.42. The minimum Gasteiger partial charge on any atom is -0.465 e. The van der Waals surface area contributed by atoms with Crippen molar-refractivity contribution in [1.82, 2.24) is 9.80 Å². The van der Waals surface area contributed by atoms with Crippen LogP contribution in [-0.2, 0) is 4.79 Å². The monoisotopic (exact) mass is 389 g/mol. The molecule has 7 heteroatoms. The van der Waals surface area contributed by atoms with E-state index in [1.165, 1.54) is 4.90 Å². The van der Waals surface area contributed by atoms with E-state index in [0.29, 0.717) is 18.1 Å². The van der Waals surface area contributed by atoms with Crippen molar-refractivity contribution >= 4 is 23.6 Å². The molecule has 0 unspecified atom stereocenters. The first-order valence-electron chi connectivity index (χ1n) is 9.30. The summed E-state index contributed by atoms with van der Waals surface area (Å²) in [4.78, 5) is 27.7. The molecule has 1 aromatic rings. The van der Waals surface area contributed by atoms with Gasteiger partial charge in [-0.05, 0) is 43.4 Å². The van der Waals surface area contributed by atoms with Crippen LogP contribution in [0.4, 0.5) is 4.79 Å². The number of nitrogens with zero attached hydrogens (tertiary/aromatic N) is 3. The standard InChI is InChI=1S/C20H24ClN3O3/c1-23(20(26)27)18-12-24(11-17(18)14-6-8-16(21)9-7-14)19(25)15-4-2-13(10-22)3-5-15/h6-9,13,15,17-18H,2-5,11-12H2,1H3,(H,26,27)/t13?,15?,17-,18+/m0/s1. The van der Waals surface area contributed by atoms with Gasteiger partial charge < -0.3 is 14.9 Å². The number of amides is 2. The molecule has 3 rings (SSSR count). The van der Waals surface area contributed by atoms with Crippen molar-refractivity contribution in [2.24, 2.45) is 11.8 Å². The quantitative estimate of drug-likeness (QED) is 0.856. The van der Waals surface area contributed by atoms with Crippen LogP contribution in [0.15, 0.2) is 24.3 Å². The van der Waals surface area contributed by atoms with Gasteiger partial charge in [0.1, 0.15) is 0 Å². The van der Waals surface area contributed by atoms with Gasteiger partial charge in [0.15, 0.2) is 0 Å². The first-order valence-corrected chi connectivity index (χ1v) is 9.68. The van der Waals surface area contributed by atoms with E-state index in [-0.39, 0.29) is 29.7 Å². The highest BCUT2D eigenvalue weighted by Crippen LogP contribution is 2.35. The molecule has 2 atom stereocenters. The Morgan fingerprint density at radius 2 is 1.81 bits per heavy atom. The van der Waals surface area contributed by atoms with Crippen LogP contribution in [0, 0.1) is 23.2 Å². The summed E-state index contributed by atoms with van der Waals surface area (Å²) in [6, 6.07) is 9.40. The minimum absolute atomic E-state index is 0.0559. The van der Waals surface area contributed by atoms with Crippen molar-refractivity contribution in [2.75, 3.05) is 20.1 Å². The van der Waals surface area contributed by atoms with Crippen LogP contribution >= 0.6 is 11.6 Å². The van der Waals surface area contributed by atoms with Gasteiger partial charge in [0.2, 0.25) is 5.91 Å². The predicted molar refractivity (Wildman–Crippen MR) is 101 cm³/mol. The Balaban J connectivity index is 1.76. The summed E-state index contributed by atoms with van der Waals surface area (Å²) in [6.07, 6.45) is 2.00. The van der Waals surface area contributed by atoms with Crippen LogP contribution in [0.25, 0.3) is 0 Å². The molecule has 1 aliphatic heterocycles. The molecule has 2 fully saturated rings. The van der Waals surface area contributed by atoms with E-state index in [9.17, 15) is 14.7 Å². The van der Waals surface area contributed by atoms with Gasteiger partial charge in [-0.2, -0.15) is 5.26 Å². The number of halogens is 1. The third-order valence-electron chi connectivity index (χ3n) is 5.96. The largest absolute Gasteiger partial charge is 0.465 e. The number of likely N-dealkylation sites (tertiary alicyclic amines) is 1. The molecule has 2 aliphatic rings. The molecular formula is C20H24ClN3O3. The van der Waals surface area contributed by atoms with Crippen LogP contribution < -0.4 is 0 Å². The van der Waals surface area contributed by atoms with E-state index in [4.69, 9.17) is 16.9 Å². The van der Waals surface area contributed by atoms with Gasteiger partial charge in [0, 0.05) is 42.9 Å². The number of carboxylic acid groups (broad SMARTS) is 1. The van der Waals surface area contributed by atoms with Gasteiger partial charge >= 0.3 is 6.09 Å². The van der Waals surface area contributed by atoms with Crippen molar-refractivity contribution in [3.05, 3.63) is 34.9 Å². The Bertz CT molecular complexity index is 738. The fraction of sp³-hybridized carbons (Fsp3) is 0.550. The molecule has 144 valence electrons. The molecule has 6 nitrogen and oxygen atoms in total. The summed E-state index contributed by atoms with van der Waals surface area (Å²) in [5.41, 5.74) is 0.987. The van der Waals surface area contributed by atoms with Gasteiger partial charge in [-0.1, -0.05) is 23.7 Å². The lowest BCUT2D eigenvalue weighted by Gasteiger charge is -2.28. The summed E-state index contributed by atoms with van der Waals surface area (Å²) in [5.74, 6) is 0.00379. The molecule has 1 aromatic carbocycles. The second-order valence-electron chi connectivity index (χ2n) is 7.54. The first-order chi connectivity index (χ1) is 12.9. The average molecular weight is 390 g/mol. The van der Waals surface area contributed by atoms with Crippen molar-refractivity contribution in [3.63, 3.8) is 0 Å². The summed E-state index contributed by atoms with van der Waals surface area (Å²) in [5, 5.41) is 19.1. The maximum Gasteiger partial charge on any atom is 0.407 e. The van der Waals surface area contributed by atoms with Gasteiger partial charge in [-0.3, -0.25) is 4.79 Å². The normalized spacial score (nSPS) is 27.8. The van der Waals surface area contributed by atoms with E-state index in [2.05, 4.69) is 6.07 Å². The molecule has 1 saturated heterocycles. The molecule has 1 saturated carbocycles. The number of rotatable bonds is 3. The van der Waals surface area contributed by atoms with E-state index in [0.717, 1.165) is 31.2 Å². The van der Waals surface area contributed by atoms with Crippen LogP contribution in [0.2, 0.25) is 5.02 Å². The fourth-order valence-electron chi connectivity index (χ4n) is 4.27. The molecule has 27 heavy (non-hydrogen) atoms. The highest BCUT2D eigenvalue weighted by molar-refractivity contribution is 6.30. The number of carbonyl (C=O) groups excluding carboxylic acids is 1. The third-order valence-corrected chi connectivity index (χ3v) is 6.21. The maximum absolute atomic E-state index is 13.0. The number of carbonyl (C=O) groups is 2. The topological polar surface area (TPSA) is 84.6 Å². The van der Waals surface area contributed by atoms with Crippen LogP contribution in [0.3, 0.4) is 0 Å². The third kappa shape index (κ3) is 4.19. The number of nitriles is 1. The van der Waals surface area contributed by atoms with Gasteiger partial charge in [-0.15, -0.1) is 0 Å². The number of likely N-dealkylation sites (N-methyl/N-ethyl adjacent to an activating group) is 1. The Labute approximate surface area is 164 Å². The van der Waals surface area contributed by atoms with E-state index < -0.39 is 6.09 Å². The zero-order valence-electron chi connectivity index (χ0n) is 15.3. The zero-order valence-corrected chi connectivity index (χ0v) is 16.1. The minimum atomic E-state index is -0.997. The van der Waals surface area contributed by atoms with Crippen molar-refractivity contribution in [1.29, 1.82) is 5.26 Å². The molecule has 0 bridgehead atoms. The predicted octanol–water partition coefficient (Wildman–Crippen LogP) is 3.57. The van der Waals surface area contributed by atoms with Crippen LogP contribution in [0.1, 0.15) is 37.2 Å². The Morgan fingerprint density at radius 3 is 2.37 bits per heavy atom. The van der Waals surface area contributed by atoms with E-state index in [1.54, 1.807) is 24.1 Å². The van der Waals surface area contributed by atoms with E-state index >= 15 is 0 Å². The Hall–Kier alpha value is -2.26. The SMILES string of the molecule is CN(C(=O)O)[C@@H]1CN(C(=O)C2CCC(C#N)CC2)C[C@H]1c1ccc(Cl)cc1. The lowest BCUT2D eigenvalue weighted by molar-refractivity contribution is -0.135. The van der Waals surface area contributed by atoms with Gasteiger partial charge in [0.25, 0.3) is 0 Å². The second kappa shape index (κ2) is 8.18. The maximum atomic E-state index is 13.0. The zero-order chi connectivity index (χ0) is 19.6. The number of benzene rings is 1. The summed E-state index contributed by atoms with van der Waals surface area (Å²) in [6.45, 7) is 0.897. The highest BCUT2D eigenvalue weighted by Gasteiger charge is 2.42. The molecule has 0 radical (unpaired) electrons. The van der Waals surface area contributed by atoms with Crippen molar-refractivity contribution < 1.29 is 14.7 Å². The smallest absolute Gasteiger partial charge is 0.407 e. The molecule has 1 aliphatic carbocycles. The Morgan fingerprint density at radius 1 is 1.19 bits per heavy atom. The van der Waals surface area contributed by atoms with E-state index in [1.807, 2.05) is 12.1 Å². The average Bonchev–Trinajstić information content (AvgIpc) is 3.12. The highest BCUT2D eigenvalue weighted by atomic mass is 35.5. The van der Waals surface area contributed by atoms with Crippen LogP contribution in [0.5, 0.6) is 0 Å². The second-order valence-corrected chi connectivity index (χ2v) is 7.98. The molecular weight excluding hydrogens is 366 g/mol. The van der Waals surface area contributed by atoms with Crippen LogP contribution in [-0.4, -0.2) is 53.1 Å². The van der Waals surface area contributed by atoms with Crippen molar-refractivity contribution in [3.8, 4) is 6.07 Å². The Kier molecular flexibility index (Phi) is 5.91. The summed E-state index contributed by atoms with van der Waals surface area (Å²) < 4.78 is 0. The van der Waals surface area contributed by atoms with Gasteiger partial charge in [-0.25, -0.2) is 4.79 Å². The fourth-order valence-corrected chi connectivity index (χ4v) is 4.39. The number of hydrogen-bond acceptors (Lipinski definition) is 3.